The summed E-state index contributed by atoms with van der Waals surface area (Å²) in [5.41, 5.74) is -0.715. The molecule has 0 aromatic heterocycles. The molecule has 0 aromatic carbocycles. The third-order valence-corrected chi connectivity index (χ3v) is 3.07. The molecule has 2 aliphatic heterocycles. The Kier molecular flexibility index (Phi) is 3.51. The molecule has 1 atom stereocenters. The first-order valence-corrected chi connectivity index (χ1v) is 5.81. The van der Waals surface area contributed by atoms with Gasteiger partial charge in [0.15, 0.2) is 5.79 Å². The first-order valence-electron chi connectivity index (χ1n) is 5.81. The molecule has 0 amide bonds. The zero-order valence-corrected chi connectivity index (χ0v) is 9.99. The lowest BCUT2D eigenvalue weighted by Crippen LogP contribution is -2.52. The summed E-state index contributed by atoms with van der Waals surface area (Å²) >= 11 is 0. The average Bonchev–Trinajstić information content (AvgIpc) is 2.64. The van der Waals surface area contributed by atoms with Crippen molar-refractivity contribution in [2.24, 2.45) is 0 Å². The standard InChI is InChI=1S/C11H21NO4/c1-10(2)15-5-9(6-16-10)12-7-11(13)3-4-14-8-11/h9,12-13H,3-8H2,1-2H3. The summed E-state index contributed by atoms with van der Waals surface area (Å²) in [7, 11) is 0. The molecule has 2 rings (SSSR count). The molecule has 2 aliphatic rings. The van der Waals surface area contributed by atoms with E-state index in [2.05, 4.69) is 5.32 Å². The van der Waals surface area contributed by atoms with E-state index in [1.54, 1.807) is 0 Å². The van der Waals surface area contributed by atoms with Crippen LogP contribution < -0.4 is 5.32 Å². The minimum absolute atomic E-state index is 0.151. The van der Waals surface area contributed by atoms with Crippen LogP contribution in [0.1, 0.15) is 20.3 Å². The van der Waals surface area contributed by atoms with Crippen LogP contribution in [0.25, 0.3) is 0 Å². The zero-order chi connectivity index (χ0) is 11.6. The molecule has 0 aliphatic carbocycles. The number of ether oxygens (including phenoxy) is 3. The van der Waals surface area contributed by atoms with Crippen molar-refractivity contribution in [3.8, 4) is 0 Å². The molecular formula is C11H21NO4. The molecule has 0 aromatic rings. The third-order valence-electron chi connectivity index (χ3n) is 3.07. The Bertz CT molecular complexity index is 228. The minimum Gasteiger partial charge on any atom is -0.386 e. The number of rotatable bonds is 3. The fourth-order valence-corrected chi connectivity index (χ4v) is 1.88. The largest absolute Gasteiger partial charge is 0.386 e. The Labute approximate surface area is 96.1 Å². The van der Waals surface area contributed by atoms with Gasteiger partial charge in [0.05, 0.1) is 25.9 Å². The lowest BCUT2D eigenvalue weighted by Gasteiger charge is -2.36. The van der Waals surface area contributed by atoms with Crippen molar-refractivity contribution in [2.75, 3.05) is 33.0 Å². The molecule has 94 valence electrons. The molecule has 2 N–H and O–H groups in total. The van der Waals surface area contributed by atoms with Gasteiger partial charge in [-0.3, -0.25) is 0 Å². The van der Waals surface area contributed by atoms with E-state index in [9.17, 15) is 5.11 Å². The van der Waals surface area contributed by atoms with Crippen molar-refractivity contribution >= 4 is 0 Å². The monoisotopic (exact) mass is 231 g/mol. The normalized spacial score (nSPS) is 35.4. The smallest absolute Gasteiger partial charge is 0.162 e. The van der Waals surface area contributed by atoms with Crippen LogP contribution in [0.3, 0.4) is 0 Å². The van der Waals surface area contributed by atoms with Crippen LogP contribution >= 0.6 is 0 Å². The van der Waals surface area contributed by atoms with E-state index in [-0.39, 0.29) is 6.04 Å². The molecule has 0 spiro atoms. The van der Waals surface area contributed by atoms with Gasteiger partial charge >= 0.3 is 0 Å². The summed E-state index contributed by atoms with van der Waals surface area (Å²) in [5, 5.41) is 13.3. The second-order valence-corrected chi connectivity index (χ2v) is 5.13. The molecule has 0 saturated carbocycles. The third kappa shape index (κ3) is 3.15. The van der Waals surface area contributed by atoms with Crippen molar-refractivity contribution in [3.05, 3.63) is 0 Å². The fourth-order valence-electron chi connectivity index (χ4n) is 1.88. The molecular weight excluding hydrogens is 210 g/mol. The molecule has 1 unspecified atom stereocenters. The summed E-state index contributed by atoms with van der Waals surface area (Å²) in [5.74, 6) is -0.481. The molecule has 0 bridgehead atoms. The van der Waals surface area contributed by atoms with Gasteiger partial charge in [-0.05, 0) is 13.8 Å². The topological polar surface area (TPSA) is 60.0 Å². The number of aliphatic hydroxyl groups is 1. The van der Waals surface area contributed by atoms with Crippen LogP contribution in [0.15, 0.2) is 0 Å². The van der Waals surface area contributed by atoms with Gasteiger partial charge in [0, 0.05) is 19.6 Å². The molecule has 16 heavy (non-hydrogen) atoms. The van der Waals surface area contributed by atoms with E-state index in [4.69, 9.17) is 14.2 Å². The van der Waals surface area contributed by atoms with E-state index >= 15 is 0 Å². The van der Waals surface area contributed by atoms with Gasteiger partial charge in [-0.25, -0.2) is 0 Å². The maximum Gasteiger partial charge on any atom is 0.162 e. The molecule has 5 nitrogen and oxygen atoms in total. The van der Waals surface area contributed by atoms with Crippen LogP contribution in [0.2, 0.25) is 0 Å². The number of hydrogen-bond acceptors (Lipinski definition) is 5. The zero-order valence-electron chi connectivity index (χ0n) is 9.99. The van der Waals surface area contributed by atoms with Gasteiger partial charge in [-0.2, -0.15) is 0 Å². The van der Waals surface area contributed by atoms with Crippen LogP contribution in [0.5, 0.6) is 0 Å². The predicted octanol–water partition coefficient (Wildman–Crippen LogP) is -0.121. The number of nitrogens with one attached hydrogen (secondary N) is 1. The van der Waals surface area contributed by atoms with Gasteiger partial charge in [0.1, 0.15) is 5.60 Å². The summed E-state index contributed by atoms with van der Waals surface area (Å²) in [4.78, 5) is 0. The molecule has 0 radical (unpaired) electrons. The van der Waals surface area contributed by atoms with Gasteiger partial charge in [-0.1, -0.05) is 0 Å². The maximum atomic E-state index is 10.1. The number of hydrogen-bond donors (Lipinski definition) is 2. The Morgan fingerprint density at radius 3 is 2.56 bits per heavy atom. The van der Waals surface area contributed by atoms with Crippen molar-refractivity contribution in [2.45, 2.75) is 37.7 Å². The quantitative estimate of drug-likeness (QED) is 0.709. The molecule has 5 heteroatoms. The van der Waals surface area contributed by atoms with E-state index in [0.29, 0.717) is 39.4 Å². The lowest BCUT2D eigenvalue weighted by molar-refractivity contribution is -0.253. The van der Waals surface area contributed by atoms with E-state index in [0.717, 1.165) is 0 Å². The van der Waals surface area contributed by atoms with Crippen LogP contribution in [0, 0.1) is 0 Å². The second-order valence-electron chi connectivity index (χ2n) is 5.13. The van der Waals surface area contributed by atoms with Gasteiger partial charge in [0.2, 0.25) is 0 Å². The average molecular weight is 231 g/mol. The predicted molar refractivity (Wildman–Crippen MR) is 58.2 cm³/mol. The van der Waals surface area contributed by atoms with Gasteiger partial charge in [0.25, 0.3) is 0 Å². The van der Waals surface area contributed by atoms with Crippen molar-refractivity contribution in [1.29, 1.82) is 0 Å². The van der Waals surface area contributed by atoms with E-state index < -0.39 is 11.4 Å². The fraction of sp³-hybridized carbons (Fsp3) is 1.00. The van der Waals surface area contributed by atoms with Crippen LogP contribution in [-0.4, -0.2) is 55.5 Å². The summed E-state index contributed by atoms with van der Waals surface area (Å²) < 4.78 is 16.2. The Morgan fingerprint density at radius 1 is 1.31 bits per heavy atom. The highest BCUT2D eigenvalue weighted by atomic mass is 16.7. The molecule has 2 heterocycles. The molecule has 2 saturated heterocycles. The van der Waals surface area contributed by atoms with Crippen molar-refractivity contribution in [1.82, 2.24) is 5.32 Å². The first-order chi connectivity index (χ1) is 7.49. The lowest BCUT2D eigenvalue weighted by atomic mass is 10.0. The second kappa shape index (κ2) is 4.58. The van der Waals surface area contributed by atoms with Crippen LogP contribution in [0.4, 0.5) is 0 Å². The Morgan fingerprint density at radius 2 is 2.00 bits per heavy atom. The summed E-state index contributed by atoms with van der Waals surface area (Å²) in [6, 6.07) is 0.151. The van der Waals surface area contributed by atoms with Crippen molar-refractivity contribution in [3.63, 3.8) is 0 Å². The summed E-state index contributed by atoms with van der Waals surface area (Å²) in [6.07, 6.45) is 0.694. The minimum atomic E-state index is -0.715. The maximum absolute atomic E-state index is 10.1. The highest BCUT2D eigenvalue weighted by molar-refractivity contribution is 4.87. The SMILES string of the molecule is CC1(C)OCC(NCC2(O)CCOC2)CO1. The first kappa shape index (κ1) is 12.3. The molecule has 2 fully saturated rings. The highest BCUT2D eigenvalue weighted by Gasteiger charge is 2.34. The van der Waals surface area contributed by atoms with E-state index in [1.165, 1.54) is 0 Å². The highest BCUT2D eigenvalue weighted by Crippen LogP contribution is 2.19. The van der Waals surface area contributed by atoms with Gasteiger partial charge in [-0.15, -0.1) is 0 Å². The Hall–Kier alpha value is -0.200. The Balaban J connectivity index is 1.71. The van der Waals surface area contributed by atoms with E-state index in [1.807, 2.05) is 13.8 Å². The van der Waals surface area contributed by atoms with Crippen LogP contribution in [-0.2, 0) is 14.2 Å². The summed E-state index contributed by atoms with van der Waals surface area (Å²) in [6.45, 7) is 6.63. The van der Waals surface area contributed by atoms with Gasteiger partial charge < -0.3 is 24.6 Å². The van der Waals surface area contributed by atoms with Crippen molar-refractivity contribution < 1.29 is 19.3 Å².